The summed E-state index contributed by atoms with van der Waals surface area (Å²) in [5.41, 5.74) is 1.15. The molecule has 1 aromatic rings. The maximum absolute atomic E-state index is 11.5. The van der Waals surface area contributed by atoms with Gasteiger partial charge in [0.2, 0.25) is 0 Å². The van der Waals surface area contributed by atoms with Crippen LogP contribution in [0.2, 0.25) is 0 Å². The number of hydrogen-bond donors (Lipinski definition) is 1. The summed E-state index contributed by atoms with van der Waals surface area (Å²) in [6.45, 7) is 5.25. The molecule has 0 atom stereocenters. The summed E-state index contributed by atoms with van der Waals surface area (Å²) in [6, 6.07) is 8.00. The highest BCUT2D eigenvalue weighted by Crippen LogP contribution is 2.10. The lowest BCUT2D eigenvalue weighted by Gasteiger charge is -2.26. The Kier molecular flexibility index (Phi) is 6.99. The second-order valence-corrected chi connectivity index (χ2v) is 5.81. The summed E-state index contributed by atoms with van der Waals surface area (Å²) in [5.74, 6) is 0. The van der Waals surface area contributed by atoms with Crippen molar-refractivity contribution in [2.45, 2.75) is 6.42 Å². The maximum Gasteiger partial charge on any atom is 0.407 e. The van der Waals surface area contributed by atoms with E-state index in [9.17, 15) is 4.79 Å². The topological polar surface area (TPSA) is 50.8 Å². The molecule has 1 fully saturated rings. The third kappa shape index (κ3) is 6.46. The van der Waals surface area contributed by atoms with Crippen molar-refractivity contribution in [3.05, 3.63) is 34.3 Å². The van der Waals surface area contributed by atoms with E-state index >= 15 is 0 Å². The normalized spacial score (nSPS) is 15.7. The number of rotatable bonds is 6. The zero-order valence-electron chi connectivity index (χ0n) is 12.0. The number of carbonyl (C=O) groups excluding carboxylic acids is 1. The SMILES string of the molecule is O=C(NCCN1CCOCC1)OCCc1ccc(Br)cc1. The Hall–Kier alpha value is -1.11. The van der Waals surface area contributed by atoms with Gasteiger partial charge in [0, 0.05) is 37.1 Å². The first kappa shape index (κ1) is 16.3. The summed E-state index contributed by atoms with van der Waals surface area (Å²) in [7, 11) is 0. The molecule has 2 rings (SSSR count). The van der Waals surface area contributed by atoms with Crippen LogP contribution in [0.5, 0.6) is 0 Å². The standard InChI is InChI=1S/C15H21BrN2O3/c16-14-3-1-13(2-4-14)5-10-21-15(19)17-6-7-18-8-11-20-12-9-18/h1-4H,5-12H2,(H,17,19). The average Bonchev–Trinajstić information content (AvgIpc) is 2.50. The van der Waals surface area contributed by atoms with Crippen molar-refractivity contribution < 1.29 is 14.3 Å². The van der Waals surface area contributed by atoms with Gasteiger partial charge in [0.25, 0.3) is 0 Å². The predicted molar refractivity (Wildman–Crippen MR) is 84.5 cm³/mol. The molecule has 5 nitrogen and oxygen atoms in total. The molecule has 0 unspecified atom stereocenters. The number of amides is 1. The lowest BCUT2D eigenvalue weighted by atomic mass is 10.2. The highest BCUT2D eigenvalue weighted by molar-refractivity contribution is 9.10. The lowest BCUT2D eigenvalue weighted by Crippen LogP contribution is -2.41. The summed E-state index contributed by atoms with van der Waals surface area (Å²) in [6.07, 6.45) is 0.379. The molecule has 0 radical (unpaired) electrons. The number of hydrogen-bond acceptors (Lipinski definition) is 4. The molecular weight excluding hydrogens is 336 g/mol. The van der Waals surface area contributed by atoms with E-state index in [-0.39, 0.29) is 6.09 Å². The number of halogens is 1. The van der Waals surface area contributed by atoms with Crippen molar-refractivity contribution in [3.8, 4) is 0 Å². The van der Waals surface area contributed by atoms with E-state index in [1.54, 1.807) is 0 Å². The van der Waals surface area contributed by atoms with E-state index in [0.717, 1.165) is 49.3 Å². The highest BCUT2D eigenvalue weighted by Gasteiger charge is 2.10. The van der Waals surface area contributed by atoms with Crippen molar-refractivity contribution in [2.75, 3.05) is 46.0 Å². The molecule has 0 aliphatic carbocycles. The summed E-state index contributed by atoms with van der Waals surface area (Å²) in [4.78, 5) is 13.8. The van der Waals surface area contributed by atoms with Gasteiger partial charge < -0.3 is 14.8 Å². The third-order valence-corrected chi connectivity index (χ3v) is 3.87. The first-order chi connectivity index (χ1) is 10.2. The van der Waals surface area contributed by atoms with Crippen molar-refractivity contribution in [2.24, 2.45) is 0 Å². The number of morpholine rings is 1. The molecule has 1 heterocycles. The fraction of sp³-hybridized carbons (Fsp3) is 0.533. The Morgan fingerprint density at radius 1 is 1.29 bits per heavy atom. The van der Waals surface area contributed by atoms with Crippen molar-refractivity contribution in [3.63, 3.8) is 0 Å². The van der Waals surface area contributed by atoms with Crippen LogP contribution in [0, 0.1) is 0 Å². The van der Waals surface area contributed by atoms with Crippen LogP contribution < -0.4 is 5.32 Å². The number of nitrogens with zero attached hydrogens (tertiary/aromatic N) is 1. The van der Waals surface area contributed by atoms with Gasteiger partial charge in [0.05, 0.1) is 19.8 Å². The van der Waals surface area contributed by atoms with Crippen LogP contribution in [0.3, 0.4) is 0 Å². The largest absolute Gasteiger partial charge is 0.449 e. The van der Waals surface area contributed by atoms with Crippen LogP contribution in [-0.4, -0.2) is 57.0 Å². The first-order valence-electron chi connectivity index (χ1n) is 7.19. The second-order valence-electron chi connectivity index (χ2n) is 4.89. The van der Waals surface area contributed by atoms with Gasteiger partial charge in [-0.1, -0.05) is 28.1 Å². The van der Waals surface area contributed by atoms with Crippen LogP contribution in [0.4, 0.5) is 4.79 Å². The van der Waals surface area contributed by atoms with Gasteiger partial charge in [-0.2, -0.15) is 0 Å². The maximum atomic E-state index is 11.5. The molecule has 0 saturated carbocycles. The molecule has 0 bridgehead atoms. The van der Waals surface area contributed by atoms with Gasteiger partial charge >= 0.3 is 6.09 Å². The highest BCUT2D eigenvalue weighted by atomic mass is 79.9. The van der Waals surface area contributed by atoms with Crippen LogP contribution >= 0.6 is 15.9 Å². The fourth-order valence-electron chi connectivity index (χ4n) is 2.10. The van der Waals surface area contributed by atoms with E-state index < -0.39 is 0 Å². The van der Waals surface area contributed by atoms with Gasteiger partial charge in [-0.25, -0.2) is 4.79 Å². The first-order valence-corrected chi connectivity index (χ1v) is 7.98. The van der Waals surface area contributed by atoms with E-state index in [1.165, 1.54) is 0 Å². The number of carbonyl (C=O) groups is 1. The number of nitrogens with one attached hydrogen (secondary N) is 1. The fourth-order valence-corrected chi connectivity index (χ4v) is 2.37. The average molecular weight is 357 g/mol. The molecule has 1 aromatic carbocycles. The van der Waals surface area contributed by atoms with Gasteiger partial charge in [0.1, 0.15) is 0 Å². The van der Waals surface area contributed by atoms with Crippen LogP contribution in [0.1, 0.15) is 5.56 Å². The Bertz CT molecular complexity index is 433. The minimum absolute atomic E-state index is 0.347. The number of benzene rings is 1. The van der Waals surface area contributed by atoms with Crippen molar-refractivity contribution in [1.82, 2.24) is 10.2 Å². The Balaban J connectivity index is 1.54. The molecule has 1 amide bonds. The Morgan fingerprint density at radius 2 is 2.00 bits per heavy atom. The number of alkyl carbamates (subject to hydrolysis) is 1. The molecule has 1 saturated heterocycles. The lowest BCUT2D eigenvalue weighted by molar-refractivity contribution is 0.0383. The predicted octanol–water partition coefficient (Wildman–Crippen LogP) is 2.05. The molecule has 0 aromatic heterocycles. The molecule has 21 heavy (non-hydrogen) atoms. The summed E-state index contributed by atoms with van der Waals surface area (Å²) >= 11 is 3.39. The molecule has 0 spiro atoms. The molecule has 116 valence electrons. The second kappa shape index (κ2) is 9.02. The van der Waals surface area contributed by atoms with E-state index in [4.69, 9.17) is 9.47 Å². The monoisotopic (exact) mass is 356 g/mol. The van der Waals surface area contributed by atoms with Crippen LogP contribution in [-0.2, 0) is 15.9 Å². The van der Waals surface area contributed by atoms with E-state index in [2.05, 4.69) is 26.1 Å². The van der Waals surface area contributed by atoms with Crippen LogP contribution in [0.15, 0.2) is 28.7 Å². The summed E-state index contributed by atoms with van der Waals surface area (Å²) < 4.78 is 11.5. The zero-order chi connectivity index (χ0) is 14.9. The summed E-state index contributed by atoms with van der Waals surface area (Å²) in [5, 5.41) is 2.77. The smallest absolute Gasteiger partial charge is 0.407 e. The van der Waals surface area contributed by atoms with Gasteiger partial charge in [-0.3, -0.25) is 4.90 Å². The minimum Gasteiger partial charge on any atom is -0.449 e. The van der Waals surface area contributed by atoms with Gasteiger partial charge in [0.15, 0.2) is 0 Å². The molecule has 1 aliphatic rings. The van der Waals surface area contributed by atoms with E-state index in [0.29, 0.717) is 13.2 Å². The third-order valence-electron chi connectivity index (χ3n) is 3.34. The molecule has 1 N–H and O–H groups in total. The van der Waals surface area contributed by atoms with Gasteiger partial charge in [-0.05, 0) is 17.7 Å². The van der Waals surface area contributed by atoms with Gasteiger partial charge in [-0.15, -0.1) is 0 Å². The molecular formula is C15H21BrN2O3. The molecule has 1 aliphatic heterocycles. The minimum atomic E-state index is -0.347. The van der Waals surface area contributed by atoms with E-state index in [1.807, 2.05) is 24.3 Å². The zero-order valence-corrected chi connectivity index (χ0v) is 13.6. The Labute approximate surface area is 133 Å². The Morgan fingerprint density at radius 3 is 2.71 bits per heavy atom. The number of ether oxygens (including phenoxy) is 2. The molecule has 6 heteroatoms. The van der Waals surface area contributed by atoms with Crippen LogP contribution in [0.25, 0.3) is 0 Å². The van der Waals surface area contributed by atoms with Crippen molar-refractivity contribution >= 4 is 22.0 Å². The van der Waals surface area contributed by atoms with Crippen molar-refractivity contribution in [1.29, 1.82) is 0 Å². The quantitative estimate of drug-likeness (QED) is 0.847.